The molecule has 0 amide bonds. The van der Waals surface area contributed by atoms with E-state index in [2.05, 4.69) is 32.5 Å². The van der Waals surface area contributed by atoms with E-state index < -0.39 is 0 Å². The van der Waals surface area contributed by atoms with Crippen molar-refractivity contribution in [1.82, 2.24) is 20.6 Å². The van der Waals surface area contributed by atoms with E-state index in [1.165, 1.54) is 4.88 Å². The van der Waals surface area contributed by atoms with Gasteiger partial charge in [0.05, 0.1) is 17.8 Å². The number of ether oxygens (including phenoxy) is 1. The van der Waals surface area contributed by atoms with Crippen LogP contribution in [0.1, 0.15) is 21.1 Å². The van der Waals surface area contributed by atoms with Gasteiger partial charge in [0.25, 0.3) is 0 Å². The first-order chi connectivity index (χ1) is 11.1. The first-order valence-electron chi connectivity index (χ1n) is 7.49. The number of hydrogen-bond acceptors (Lipinski definition) is 5. The highest BCUT2D eigenvalue weighted by Crippen LogP contribution is 2.16. The summed E-state index contributed by atoms with van der Waals surface area (Å²) in [5.41, 5.74) is 2.11. The number of nitrogens with zero attached hydrogens (tertiary/aromatic N) is 3. The Morgan fingerprint density at radius 2 is 2.17 bits per heavy atom. The highest BCUT2D eigenvalue weighted by atomic mass is 32.1. The molecule has 0 radical (unpaired) electrons. The average molecular weight is 333 g/mol. The van der Waals surface area contributed by atoms with Crippen molar-refractivity contribution in [2.24, 2.45) is 4.99 Å². The van der Waals surface area contributed by atoms with Crippen LogP contribution in [0.4, 0.5) is 0 Å². The molecule has 0 fully saturated rings. The van der Waals surface area contributed by atoms with E-state index in [9.17, 15) is 0 Å². The molecule has 0 aliphatic rings. The van der Waals surface area contributed by atoms with Gasteiger partial charge in [-0.1, -0.05) is 6.07 Å². The van der Waals surface area contributed by atoms with Crippen molar-refractivity contribution >= 4 is 17.3 Å². The minimum Gasteiger partial charge on any atom is -0.481 e. The Bertz CT molecular complexity index is 649. The van der Waals surface area contributed by atoms with Crippen LogP contribution in [-0.4, -0.2) is 36.6 Å². The molecule has 0 aliphatic heterocycles. The van der Waals surface area contributed by atoms with Crippen molar-refractivity contribution in [2.45, 2.75) is 26.8 Å². The van der Waals surface area contributed by atoms with E-state index in [0.29, 0.717) is 12.4 Å². The van der Waals surface area contributed by atoms with Gasteiger partial charge in [-0.25, -0.2) is 9.97 Å². The highest BCUT2D eigenvalue weighted by molar-refractivity contribution is 7.11. The molecule has 0 aromatic carbocycles. The number of guanidine groups is 1. The van der Waals surface area contributed by atoms with Crippen LogP contribution < -0.4 is 15.4 Å². The summed E-state index contributed by atoms with van der Waals surface area (Å²) < 4.78 is 5.25. The zero-order valence-electron chi connectivity index (χ0n) is 14.0. The summed E-state index contributed by atoms with van der Waals surface area (Å²) >= 11 is 1.75. The number of methoxy groups -OCH3 is 1. The Kier molecular flexibility index (Phi) is 6.34. The first kappa shape index (κ1) is 17.2. The van der Waals surface area contributed by atoms with Crippen LogP contribution in [-0.2, 0) is 13.0 Å². The summed E-state index contributed by atoms with van der Waals surface area (Å²) in [6.45, 7) is 5.54. The van der Waals surface area contributed by atoms with Gasteiger partial charge in [-0.05, 0) is 19.9 Å². The molecule has 2 aromatic heterocycles. The number of aryl methyl sites for hydroxylation is 2. The molecule has 0 aliphatic carbocycles. The lowest BCUT2D eigenvalue weighted by Gasteiger charge is -2.12. The number of rotatable bonds is 6. The molecule has 2 N–H and O–H groups in total. The average Bonchev–Trinajstić information content (AvgIpc) is 2.89. The highest BCUT2D eigenvalue weighted by Gasteiger charge is 2.06. The lowest BCUT2D eigenvalue weighted by molar-refractivity contribution is 0.392. The molecule has 0 spiro atoms. The lowest BCUT2D eigenvalue weighted by atomic mass is 10.2. The molecule has 23 heavy (non-hydrogen) atoms. The molecule has 2 aromatic rings. The maximum atomic E-state index is 5.25. The van der Waals surface area contributed by atoms with Gasteiger partial charge in [-0.3, -0.25) is 4.99 Å². The van der Waals surface area contributed by atoms with Crippen LogP contribution in [0.2, 0.25) is 0 Å². The topological polar surface area (TPSA) is 71.4 Å². The predicted octanol–water partition coefficient (Wildman–Crippen LogP) is 2.07. The van der Waals surface area contributed by atoms with Crippen LogP contribution in [0.25, 0.3) is 0 Å². The summed E-state index contributed by atoms with van der Waals surface area (Å²) in [5, 5.41) is 7.71. The lowest BCUT2D eigenvalue weighted by Crippen LogP contribution is -2.37. The third-order valence-corrected chi connectivity index (χ3v) is 4.55. The Balaban J connectivity index is 1.81. The Morgan fingerprint density at radius 1 is 1.35 bits per heavy atom. The van der Waals surface area contributed by atoms with E-state index in [-0.39, 0.29) is 0 Å². The molecule has 124 valence electrons. The van der Waals surface area contributed by atoms with Crippen molar-refractivity contribution in [3.63, 3.8) is 0 Å². The molecule has 2 heterocycles. The normalized spacial score (nSPS) is 11.4. The minimum absolute atomic E-state index is 0.603. The molecule has 7 heteroatoms. The Morgan fingerprint density at radius 3 is 2.83 bits per heavy atom. The molecule has 6 nitrogen and oxygen atoms in total. The van der Waals surface area contributed by atoms with Crippen molar-refractivity contribution in [3.8, 4) is 5.88 Å². The van der Waals surface area contributed by atoms with Gasteiger partial charge in [0.1, 0.15) is 0 Å². The minimum atomic E-state index is 0.603. The fraction of sp³-hybridized carbons (Fsp3) is 0.438. The summed E-state index contributed by atoms with van der Waals surface area (Å²) in [5.74, 6) is 1.38. The van der Waals surface area contributed by atoms with Gasteiger partial charge in [0.15, 0.2) is 5.96 Å². The molecule has 0 atom stereocenters. The molecule has 0 unspecified atom stereocenters. The summed E-state index contributed by atoms with van der Waals surface area (Å²) in [4.78, 5) is 14.2. The van der Waals surface area contributed by atoms with Crippen molar-refractivity contribution in [1.29, 1.82) is 0 Å². The zero-order valence-corrected chi connectivity index (χ0v) is 14.8. The van der Waals surface area contributed by atoms with Crippen LogP contribution in [0.3, 0.4) is 0 Å². The van der Waals surface area contributed by atoms with Gasteiger partial charge in [-0.15, -0.1) is 11.3 Å². The third-order valence-electron chi connectivity index (χ3n) is 3.42. The number of thiazole rings is 1. The van der Waals surface area contributed by atoms with Crippen molar-refractivity contribution < 1.29 is 4.74 Å². The molecular formula is C16H23N5OS. The van der Waals surface area contributed by atoms with Gasteiger partial charge in [0, 0.05) is 43.2 Å². The Hall–Kier alpha value is -2.15. The molecule has 0 saturated heterocycles. The smallest absolute Gasteiger partial charge is 0.218 e. The van der Waals surface area contributed by atoms with Crippen LogP contribution in [0, 0.1) is 13.8 Å². The standard InChI is InChI=1S/C16H23N5OS/c1-11-12(2)23-14(21-11)7-9-19-16(17-3)20-10-13-6-5-8-18-15(13)22-4/h5-6,8H,7,9-10H2,1-4H3,(H2,17,19,20). The summed E-state index contributed by atoms with van der Waals surface area (Å²) in [6, 6.07) is 3.87. The summed E-state index contributed by atoms with van der Waals surface area (Å²) in [6.07, 6.45) is 2.60. The third kappa shape index (κ3) is 4.92. The largest absolute Gasteiger partial charge is 0.481 e. The van der Waals surface area contributed by atoms with E-state index in [1.807, 2.05) is 19.1 Å². The first-order valence-corrected chi connectivity index (χ1v) is 8.31. The molecule has 0 bridgehead atoms. The molecule has 2 rings (SSSR count). The SMILES string of the molecule is CN=C(NCCc1nc(C)c(C)s1)NCc1cccnc1OC. The second kappa shape index (κ2) is 8.47. The van der Waals surface area contributed by atoms with E-state index in [4.69, 9.17) is 4.74 Å². The van der Waals surface area contributed by atoms with Gasteiger partial charge >= 0.3 is 0 Å². The second-order valence-corrected chi connectivity index (χ2v) is 6.31. The molecule has 0 saturated carbocycles. The maximum Gasteiger partial charge on any atom is 0.218 e. The van der Waals surface area contributed by atoms with Crippen molar-refractivity contribution in [2.75, 3.05) is 20.7 Å². The summed E-state index contributed by atoms with van der Waals surface area (Å²) in [7, 11) is 3.38. The van der Waals surface area contributed by atoms with E-state index in [0.717, 1.165) is 35.2 Å². The second-order valence-electron chi connectivity index (χ2n) is 5.02. The van der Waals surface area contributed by atoms with Gasteiger partial charge in [-0.2, -0.15) is 0 Å². The van der Waals surface area contributed by atoms with Crippen LogP contribution in [0.5, 0.6) is 5.88 Å². The maximum absolute atomic E-state index is 5.25. The van der Waals surface area contributed by atoms with Gasteiger partial charge < -0.3 is 15.4 Å². The van der Waals surface area contributed by atoms with Crippen LogP contribution in [0.15, 0.2) is 23.3 Å². The zero-order chi connectivity index (χ0) is 16.7. The number of nitrogens with one attached hydrogen (secondary N) is 2. The monoisotopic (exact) mass is 333 g/mol. The number of aliphatic imine (C=N–C) groups is 1. The molecular weight excluding hydrogens is 310 g/mol. The van der Waals surface area contributed by atoms with E-state index >= 15 is 0 Å². The van der Waals surface area contributed by atoms with Crippen molar-refractivity contribution in [3.05, 3.63) is 39.5 Å². The fourth-order valence-corrected chi connectivity index (χ4v) is 3.01. The van der Waals surface area contributed by atoms with Gasteiger partial charge in [0.2, 0.25) is 5.88 Å². The number of pyridine rings is 1. The number of hydrogen-bond donors (Lipinski definition) is 2. The Labute approximate surface area is 141 Å². The quantitative estimate of drug-likeness (QED) is 0.625. The number of aromatic nitrogens is 2. The fourth-order valence-electron chi connectivity index (χ4n) is 2.08. The predicted molar refractivity (Wildman–Crippen MR) is 94.3 cm³/mol. The van der Waals surface area contributed by atoms with Crippen LogP contribution >= 0.6 is 11.3 Å². The van der Waals surface area contributed by atoms with E-state index in [1.54, 1.807) is 31.7 Å².